The van der Waals surface area contributed by atoms with Crippen molar-refractivity contribution in [3.8, 4) is 11.3 Å². The van der Waals surface area contributed by atoms with Gasteiger partial charge in [-0.1, -0.05) is 38.1 Å². The topological polar surface area (TPSA) is 54.3 Å². The number of hydrogen-bond donors (Lipinski definition) is 2. The number of carbonyl (C=O) groups excluding carboxylic acids is 1. The summed E-state index contributed by atoms with van der Waals surface area (Å²) in [6, 6.07) is 17.6. The van der Waals surface area contributed by atoms with Crippen molar-refractivity contribution >= 4 is 28.9 Å². The van der Waals surface area contributed by atoms with Crippen LogP contribution in [0.4, 0.5) is 5.69 Å². The van der Waals surface area contributed by atoms with Crippen LogP contribution in [-0.2, 0) is 0 Å². The van der Waals surface area contributed by atoms with Crippen LogP contribution in [0, 0.1) is 13.8 Å². The Kier molecular flexibility index (Phi) is 6.49. The lowest BCUT2D eigenvalue weighted by Gasteiger charge is -2.12. The minimum atomic E-state index is -0.381. The zero-order valence-corrected chi connectivity index (χ0v) is 18.0. The Morgan fingerprint density at radius 2 is 1.76 bits per heavy atom. The van der Waals surface area contributed by atoms with Crippen molar-refractivity contribution in [3.63, 3.8) is 0 Å². The summed E-state index contributed by atoms with van der Waals surface area (Å²) in [5.74, 6) is 1.00. The zero-order chi connectivity index (χ0) is 21.0. The molecule has 0 radical (unpaired) electrons. The SMILES string of the molecule is CCC(C)c1ccc(NC(=S)NC(=O)c2ccc(-c3ccc(C)c(C)c3)o2)cc1. The van der Waals surface area contributed by atoms with Gasteiger partial charge in [0.15, 0.2) is 10.9 Å². The van der Waals surface area contributed by atoms with Gasteiger partial charge in [-0.25, -0.2) is 0 Å². The summed E-state index contributed by atoms with van der Waals surface area (Å²) < 4.78 is 5.73. The second kappa shape index (κ2) is 9.05. The molecule has 3 rings (SSSR count). The van der Waals surface area contributed by atoms with Crippen molar-refractivity contribution in [1.82, 2.24) is 5.32 Å². The Hall–Kier alpha value is -2.92. The van der Waals surface area contributed by atoms with Crippen LogP contribution in [-0.4, -0.2) is 11.0 Å². The molecule has 1 aromatic heterocycles. The first-order valence-electron chi connectivity index (χ1n) is 9.77. The number of benzene rings is 2. The van der Waals surface area contributed by atoms with Crippen LogP contribution in [0.2, 0.25) is 0 Å². The number of carbonyl (C=O) groups is 1. The fraction of sp³-hybridized carbons (Fsp3) is 0.250. The van der Waals surface area contributed by atoms with Gasteiger partial charge in [0.2, 0.25) is 0 Å². The van der Waals surface area contributed by atoms with Crippen LogP contribution in [0.1, 0.15) is 53.4 Å². The third kappa shape index (κ3) is 5.12. The number of rotatable bonds is 5. The molecule has 2 aromatic carbocycles. The van der Waals surface area contributed by atoms with Gasteiger partial charge in [-0.05, 0) is 85.4 Å². The van der Waals surface area contributed by atoms with Gasteiger partial charge in [-0.2, -0.15) is 0 Å². The molecular weight excluding hydrogens is 380 g/mol. The summed E-state index contributed by atoms with van der Waals surface area (Å²) in [6.45, 7) is 8.48. The maximum atomic E-state index is 12.5. The van der Waals surface area contributed by atoms with E-state index in [0.29, 0.717) is 11.7 Å². The van der Waals surface area contributed by atoms with E-state index in [1.54, 1.807) is 12.1 Å². The first-order valence-corrected chi connectivity index (χ1v) is 10.2. The number of anilines is 1. The lowest BCUT2D eigenvalue weighted by molar-refractivity contribution is 0.0951. The zero-order valence-electron chi connectivity index (χ0n) is 17.2. The number of furan rings is 1. The van der Waals surface area contributed by atoms with Crippen molar-refractivity contribution in [3.05, 3.63) is 77.0 Å². The Morgan fingerprint density at radius 1 is 1.03 bits per heavy atom. The standard InChI is InChI=1S/C24H26N2O2S/c1-5-15(2)18-8-10-20(11-9-18)25-24(29)26-23(27)22-13-12-21(28-22)19-7-6-16(3)17(4)14-19/h6-15H,5H2,1-4H3,(H2,25,26,27,29). The van der Waals surface area contributed by atoms with Gasteiger partial charge in [-0.15, -0.1) is 0 Å². The predicted molar refractivity (Wildman–Crippen MR) is 122 cm³/mol. The lowest BCUT2D eigenvalue weighted by atomic mass is 9.99. The molecule has 0 aliphatic carbocycles. The van der Waals surface area contributed by atoms with Gasteiger partial charge in [0, 0.05) is 11.3 Å². The quantitative estimate of drug-likeness (QED) is 0.495. The summed E-state index contributed by atoms with van der Waals surface area (Å²) in [5.41, 5.74) is 5.44. The average molecular weight is 407 g/mol. The molecule has 5 heteroatoms. The second-order valence-corrected chi connectivity index (χ2v) is 7.71. The maximum absolute atomic E-state index is 12.5. The number of thiocarbonyl (C=S) groups is 1. The van der Waals surface area contributed by atoms with Crippen molar-refractivity contribution in [1.29, 1.82) is 0 Å². The van der Waals surface area contributed by atoms with Crippen molar-refractivity contribution in [2.24, 2.45) is 0 Å². The largest absolute Gasteiger partial charge is 0.451 e. The molecule has 1 heterocycles. The van der Waals surface area contributed by atoms with Crippen molar-refractivity contribution in [2.75, 3.05) is 5.32 Å². The highest BCUT2D eigenvalue weighted by molar-refractivity contribution is 7.80. The van der Waals surface area contributed by atoms with Gasteiger partial charge >= 0.3 is 0 Å². The van der Waals surface area contributed by atoms with E-state index in [1.165, 1.54) is 16.7 Å². The van der Waals surface area contributed by atoms with E-state index in [1.807, 2.05) is 30.3 Å². The second-order valence-electron chi connectivity index (χ2n) is 7.30. The van der Waals surface area contributed by atoms with E-state index in [9.17, 15) is 4.79 Å². The van der Waals surface area contributed by atoms with Gasteiger partial charge in [0.05, 0.1) is 0 Å². The summed E-state index contributed by atoms with van der Waals surface area (Å²) in [5, 5.41) is 5.93. The Bertz CT molecular complexity index is 1020. The van der Waals surface area contributed by atoms with Crippen LogP contribution in [0.15, 0.2) is 59.0 Å². The van der Waals surface area contributed by atoms with E-state index < -0.39 is 0 Å². The molecule has 0 spiro atoms. The minimum Gasteiger partial charge on any atom is -0.451 e. The number of hydrogen-bond acceptors (Lipinski definition) is 3. The maximum Gasteiger partial charge on any atom is 0.293 e. The third-order valence-corrected chi connectivity index (χ3v) is 5.40. The highest BCUT2D eigenvalue weighted by atomic mass is 32.1. The van der Waals surface area contributed by atoms with Gasteiger partial charge < -0.3 is 9.73 Å². The third-order valence-electron chi connectivity index (χ3n) is 5.20. The van der Waals surface area contributed by atoms with Crippen molar-refractivity contribution in [2.45, 2.75) is 40.0 Å². The van der Waals surface area contributed by atoms with E-state index >= 15 is 0 Å². The molecule has 4 nitrogen and oxygen atoms in total. The smallest absolute Gasteiger partial charge is 0.293 e. The molecule has 29 heavy (non-hydrogen) atoms. The molecule has 0 aliphatic rings. The Morgan fingerprint density at radius 3 is 2.41 bits per heavy atom. The Balaban J connectivity index is 1.62. The molecule has 150 valence electrons. The van der Waals surface area contributed by atoms with E-state index in [0.717, 1.165) is 17.7 Å². The monoisotopic (exact) mass is 406 g/mol. The van der Waals surface area contributed by atoms with Crippen LogP contribution in [0.25, 0.3) is 11.3 Å². The molecule has 1 amide bonds. The molecule has 0 fully saturated rings. The first-order chi connectivity index (χ1) is 13.9. The first kappa shape index (κ1) is 20.8. The minimum absolute atomic E-state index is 0.217. The van der Waals surface area contributed by atoms with Crippen LogP contribution in [0.3, 0.4) is 0 Å². The fourth-order valence-electron chi connectivity index (χ4n) is 2.97. The molecule has 0 aliphatic heterocycles. The normalized spacial score (nSPS) is 11.7. The molecule has 1 unspecified atom stereocenters. The molecule has 3 aromatic rings. The molecule has 0 saturated carbocycles. The summed E-state index contributed by atoms with van der Waals surface area (Å²) in [7, 11) is 0. The van der Waals surface area contributed by atoms with Crippen molar-refractivity contribution < 1.29 is 9.21 Å². The lowest BCUT2D eigenvalue weighted by Crippen LogP contribution is -2.33. The molecule has 0 bridgehead atoms. The predicted octanol–water partition coefficient (Wildman–Crippen LogP) is 6.20. The summed E-state index contributed by atoms with van der Waals surface area (Å²) in [6.07, 6.45) is 1.09. The van der Waals surface area contributed by atoms with E-state index in [4.69, 9.17) is 16.6 Å². The van der Waals surface area contributed by atoms with Crippen LogP contribution < -0.4 is 10.6 Å². The van der Waals surface area contributed by atoms with E-state index in [2.05, 4.69) is 50.5 Å². The summed E-state index contributed by atoms with van der Waals surface area (Å²) in [4.78, 5) is 12.5. The number of nitrogens with one attached hydrogen (secondary N) is 2. The average Bonchev–Trinajstić information content (AvgIpc) is 3.20. The van der Waals surface area contributed by atoms with Gasteiger partial charge in [-0.3, -0.25) is 10.1 Å². The Labute approximate surface area is 177 Å². The van der Waals surface area contributed by atoms with Crippen LogP contribution in [0.5, 0.6) is 0 Å². The summed E-state index contributed by atoms with van der Waals surface area (Å²) >= 11 is 5.27. The van der Waals surface area contributed by atoms with Gasteiger partial charge in [0.25, 0.3) is 5.91 Å². The molecule has 1 atom stereocenters. The highest BCUT2D eigenvalue weighted by Gasteiger charge is 2.14. The molecular formula is C24H26N2O2S. The van der Waals surface area contributed by atoms with Crippen LogP contribution >= 0.6 is 12.2 Å². The molecule has 2 N–H and O–H groups in total. The van der Waals surface area contributed by atoms with E-state index in [-0.39, 0.29) is 16.8 Å². The molecule has 0 saturated heterocycles. The fourth-order valence-corrected chi connectivity index (χ4v) is 3.18. The van der Waals surface area contributed by atoms with Gasteiger partial charge in [0.1, 0.15) is 5.76 Å². The number of aryl methyl sites for hydroxylation is 2. The number of amides is 1. The highest BCUT2D eigenvalue weighted by Crippen LogP contribution is 2.24.